The number of anilines is 2. The molecule has 24 heavy (non-hydrogen) atoms. The van der Waals surface area contributed by atoms with Crippen molar-refractivity contribution in [2.24, 2.45) is 0 Å². The molecule has 1 rings (SSSR count). The largest absolute Gasteiger partial charge is 0.444 e. The number of rotatable bonds is 4. The van der Waals surface area contributed by atoms with Crippen molar-refractivity contribution in [1.82, 2.24) is 4.90 Å². The number of hydrogen-bond acceptors (Lipinski definition) is 6. The summed E-state index contributed by atoms with van der Waals surface area (Å²) in [5.41, 5.74) is 5.12. The smallest absolute Gasteiger partial charge is 0.410 e. The molecule has 2 amide bonds. The summed E-state index contributed by atoms with van der Waals surface area (Å²) < 4.78 is 5.19. The summed E-state index contributed by atoms with van der Waals surface area (Å²) in [5.74, 6) is -0.546. The first-order chi connectivity index (χ1) is 10.9. The van der Waals surface area contributed by atoms with Crippen LogP contribution in [0.4, 0.5) is 21.9 Å². The van der Waals surface area contributed by atoms with Gasteiger partial charge in [-0.2, -0.15) is 0 Å². The molecule has 9 nitrogen and oxygen atoms in total. The number of ether oxygens (including phenoxy) is 1. The van der Waals surface area contributed by atoms with E-state index in [1.807, 2.05) is 0 Å². The van der Waals surface area contributed by atoms with Crippen LogP contribution in [0.15, 0.2) is 18.2 Å². The van der Waals surface area contributed by atoms with Gasteiger partial charge in [0.05, 0.1) is 16.3 Å². The van der Waals surface area contributed by atoms with Gasteiger partial charge >= 0.3 is 6.09 Å². The Morgan fingerprint density at radius 1 is 1.38 bits per heavy atom. The Bertz CT molecular complexity index is 654. The number of nitro benzene ring substituents is 1. The van der Waals surface area contributed by atoms with Crippen molar-refractivity contribution in [3.8, 4) is 0 Å². The molecule has 3 N–H and O–H groups in total. The summed E-state index contributed by atoms with van der Waals surface area (Å²) in [5, 5.41) is 13.3. The third-order valence-electron chi connectivity index (χ3n) is 3.15. The monoisotopic (exact) mass is 338 g/mol. The number of nitro groups is 1. The van der Waals surface area contributed by atoms with Gasteiger partial charge in [0.15, 0.2) is 0 Å². The van der Waals surface area contributed by atoms with Crippen LogP contribution in [-0.4, -0.2) is 40.5 Å². The summed E-state index contributed by atoms with van der Waals surface area (Å²) in [4.78, 5) is 35.6. The third-order valence-corrected chi connectivity index (χ3v) is 3.15. The lowest BCUT2D eigenvalue weighted by Crippen LogP contribution is -2.45. The fourth-order valence-electron chi connectivity index (χ4n) is 1.67. The SMILES string of the molecule is C[C@@H](C(=O)Nc1cc([N+](=O)[O-])ccc1N)N(C)C(=O)OC(C)(C)C. The third kappa shape index (κ3) is 5.11. The molecule has 0 spiro atoms. The zero-order valence-corrected chi connectivity index (χ0v) is 14.3. The Balaban J connectivity index is 2.85. The van der Waals surface area contributed by atoms with Crippen molar-refractivity contribution in [2.45, 2.75) is 39.3 Å². The number of benzene rings is 1. The van der Waals surface area contributed by atoms with E-state index in [9.17, 15) is 19.7 Å². The normalized spacial score (nSPS) is 12.2. The van der Waals surface area contributed by atoms with Gasteiger partial charge in [-0.1, -0.05) is 0 Å². The first-order valence-electron chi connectivity index (χ1n) is 7.23. The van der Waals surface area contributed by atoms with Gasteiger partial charge in [-0.15, -0.1) is 0 Å². The molecular formula is C15H22N4O5. The van der Waals surface area contributed by atoms with Gasteiger partial charge in [-0.3, -0.25) is 19.8 Å². The van der Waals surface area contributed by atoms with Crippen molar-refractivity contribution < 1.29 is 19.2 Å². The Hall–Kier alpha value is -2.84. The molecule has 0 unspecified atom stereocenters. The summed E-state index contributed by atoms with van der Waals surface area (Å²) >= 11 is 0. The summed E-state index contributed by atoms with van der Waals surface area (Å²) in [6.45, 7) is 6.65. The number of nitrogens with zero attached hydrogens (tertiary/aromatic N) is 2. The highest BCUT2D eigenvalue weighted by molar-refractivity contribution is 5.98. The van der Waals surface area contributed by atoms with E-state index in [2.05, 4.69) is 5.32 Å². The van der Waals surface area contributed by atoms with E-state index in [1.54, 1.807) is 20.8 Å². The highest BCUT2D eigenvalue weighted by Gasteiger charge is 2.27. The number of hydrogen-bond donors (Lipinski definition) is 2. The molecule has 0 aliphatic carbocycles. The van der Waals surface area contributed by atoms with E-state index in [0.717, 1.165) is 11.0 Å². The van der Waals surface area contributed by atoms with Crippen molar-refractivity contribution in [3.05, 3.63) is 28.3 Å². The van der Waals surface area contributed by atoms with E-state index >= 15 is 0 Å². The second-order valence-electron chi connectivity index (χ2n) is 6.29. The van der Waals surface area contributed by atoms with Gasteiger partial charge in [-0.05, 0) is 33.8 Å². The van der Waals surface area contributed by atoms with Gasteiger partial charge in [0.1, 0.15) is 11.6 Å². The summed E-state index contributed by atoms with van der Waals surface area (Å²) in [6.07, 6.45) is -0.655. The molecule has 0 fully saturated rings. The average Bonchev–Trinajstić information content (AvgIpc) is 2.45. The highest BCUT2D eigenvalue weighted by Crippen LogP contribution is 2.24. The van der Waals surface area contributed by atoms with E-state index in [-0.39, 0.29) is 17.1 Å². The minimum absolute atomic E-state index is 0.110. The predicted octanol–water partition coefficient (Wildman–Crippen LogP) is 2.37. The predicted molar refractivity (Wildman–Crippen MR) is 89.6 cm³/mol. The van der Waals surface area contributed by atoms with Crippen LogP contribution in [0.25, 0.3) is 0 Å². The molecule has 9 heteroatoms. The van der Waals surface area contributed by atoms with Crippen LogP contribution in [-0.2, 0) is 9.53 Å². The molecule has 0 saturated heterocycles. The average molecular weight is 338 g/mol. The molecule has 0 heterocycles. The van der Waals surface area contributed by atoms with Crippen molar-refractivity contribution >= 4 is 29.1 Å². The van der Waals surface area contributed by atoms with E-state index in [1.165, 1.54) is 26.1 Å². The van der Waals surface area contributed by atoms with Gasteiger partial charge in [0.25, 0.3) is 5.69 Å². The Kier molecular flexibility index (Phi) is 5.73. The lowest BCUT2D eigenvalue weighted by atomic mass is 10.2. The maximum atomic E-state index is 12.3. The minimum atomic E-state index is -0.862. The highest BCUT2D eigenvalue weighted by atomic mass is 16.6. The van der Waals surface area contributed by atoms with Crippen LogP contribution >= 0.6 is 0 Å². The number of carbonyl (C=O) groups is 2. The second kappa shape index (κ2) is 7.16. The van der Waals surface area contributed by atoms with Crippen molar-refractivity contribution in [2.75, 3.05) is 18.1 Å². The number of nitrogens with one attached hydrogen (secondary N) is 1. The molecule has 0 bridgehead atoms. The lowest BCUT2D eigenvalue weighted by Gasteiger charge is -2.28. The molecule has 1 aromatic carbocycles. The number of likely N-dealkylation sites (N-methyl/N-ethyl adjacent to an activating group) is 1. The fraction of sp³-hybridized carbons (Fsp3) is 0.467. The maximum absolute atomic E-state index is 12.3. The number of carbonyl (C=O) groups excluding carboxylic acids is 2. The number of amides is 2. The van der Waals surface area contributed by atoms with Gasteiger partial charge < -0.3 is 15.8 Å². The standard InChI is InChI=1S/C15H22N4O5/c1-9(18(5)14(21)24-15(2,3)4)13(20)17-12-8-10(19(22)23)6-7-11(12)16/h6-9H,16H2,1-5H3,(H,17,20)/t9-/m0/s1. The molecule has 1 aromatic rings. The fourth-order valence-corrected chi connectivity index (χ4v) is 1.67. The van der Waals surface area contributed by atoms with Crippen LogP contribution in [0.5, 0.6) is 0 Å². The number of non-ortho nitro benzene ring substituents is 1. The lowest BCUT2D eigenvalue weighted by molar-refractivity contribution is -0.384. The van der Waals surface area contributed by atoms with Gasteiger partial charge in [0.2, 0.25) is 5.91 Å². The first kappa shape index (κ1) is 19.2. The molecule has 1 atom stereocenters. The zero-order valence-electron chi connectivity index (χ0n) is 14.3. The quantitative estimate of drug-likeness (QED) is 0.493. The van der Waals surface area contributed by atoms with Crippen LogP contribution in [0.3, 0.4) is 0 Å². The molecule has 0 saturated carbocycles. The van der Waals surface area contributed by atoms with Gasteiger partial charge in [0, 0.05) is 19.2 Å². The van der Waals surface area contributed by atoms with E-state index in [4.69, 9.17) is 10.5 Å². The second-order valence-corrected chi connectivity index (χ2v) is 6.29. The van der Waals surface area contributed by atoms with Gasteiger partial charge in [-0.25, -0.2) is 4.79 Å². The Labute approximate surface area is 139 Å². The summed E-state index contributed by atoms with van der Waals surface area (Å²) in [6, 6.07) is 2.86. The number of nitrogen functional groups attached to an aromatic ring is 1. The topological polar surface area (TPSA) is 128 Å². The van der Waals surface area contributed by atoms with Crippen LogP contribution in [0, 0.1) is 10.1 Å². The maximum Gasteiger partial charge on any atom is 0.410 e. The van der Waals surface area contributed by atoms with Crippen molar-refractivity contribution in [1.29, 1.82) is 0 Å². The van der Waals surface area contributed by atoms with Crippen LogP contribution in [0.2, 0.25) is 0 Å². The number of nitrogens with two attached hydrogens (primary N) is 1. The molecule has 0 aromatic heterocycles. The molecule has 0 aliphatic rings. The van der Waals surface area contributed by atoms with E-state index in [0.29, 0.717) is 0 Å². The molecule has 0 radical (unpaired) electrons. The van der Waals surface area contributed by atoms with Crippen LogP contribution < -0.4 is 11.1 Å². The summed E-state index contributed by atoms with van der Waals surface area (Å²) in [7, 11) is 1.43. The van der Waals surface area contributed by atoms with E-state index < -0.39 is 28.6 Å². The van der Waals surface area contributed by atoms with Crippen molar-refractivity contribution in [3.63, 3.8) is 0 Å². The molecular weight excluding hydrogens is 316 g/mol. The first-order valence-corrected chi connectivity index (χ1v) is 7.23. The minimum Gasteiger partial charge on any atom is -0.444 e. The van der Waals surface area contributed by atoms with Crippen LogP contribution in [0.1, 0.15) is 27.7 Å². The zero-order chi connectivity index (χ0) is 18.7. The molecule has 0 aliphatic heterocycles. The Morgan fingerprint density at radius 3 is 2.46 bits per heavy atom. The molecule has 132 valence electrons. The Morgan fingerprint density at radius 2 is 1.96 bits per heavy atom.